The van der Waals surface area contributed by atoms with Crippen LogP contribution < -0.4 is 5.32 Å². The third-order valence-corrected chi connectivity index (χ3v) is 5.89. The molecule has 0 aliphatic carbocycles. The zero-order chi connectivity index (χ0) is 20.4. The molecule has 1 aliphatic rings. The molecule has 1 unspecified atom stereocenters. The summed E-state index contributed by atoms with van der Waals surface area (Å²) in [6.07, 6.45) is 0. The molecule has 0 bridgehead atoms. The van der Waals surface area contributed by atoms with E-state index < -0.39 is 17.6 Å². The minimum absolute atomic E-state index is 0.207. The van der Waals surface area contributed by atoms with E-state index in [9.17, 15) is 14.9 Å². The number of ketones is 1. The Morgan fingerprint density at radius 2 is 1.93 bits per heavy atom. The number of thioether (sulfide) groups is 1. The normalized spacial score (nSPS) is 13.0. The van der Waals surface area contributed by atoms with Gasteiger partial charge in [-0.15, -0.1) is 11.8 Å². The zero-order valence-electron chi connectivity index (χ0n) is 15.8. The molecule has 1 amide bonds. The van der Waals surface area contributed by atoms with E-state index in [1.54, 1.807) is 40.7 Å². The molecule has 0 saturated carbocycles. The number of aryl methyl sites for hydroxylation is 1. The number of Topliss-reactive ketones (excluding diaryl/α,β-unsaturated/α-hetero) is 1. The Bertz CT molecular complexity index is 1130. The molecule has 2 heterocycles. The van der Waals surface area contributed by atoms with Crippen molar-refractivity contribution in [3.05, 3.63) is 65.9 Å². The number of carbonyl (C=O) groups is 2. The van der Waals surface area contributed by atoms with Crippen LogP contribution >= 0.6 is 11.8 Å². The number of carbonyl (C=O) groups excluding carboxylic acids is 2. The predicted molar refractivity (Wildman–Crippen MR) is 111 cm³/mol. The van der Waals surface area contributed by atoms with Crippen LogP contribution in [0.3, 0.4) is 0 Å². The minimum Gasteiger partial charge on any atom is -0.325 e. The summed E-state index contributed by atoms with van der Waals surface area (Å²) in [7, 11) is 0. The van der Waals surface area contributed by atoms with Crippen molar-refractivity contribution in [1.82, 2.24) is 9.78 Å². The highest BCUT2D eigenvalue weighted by molar-refractivity contribution is 7.98. The van der Waals surface area contributed by atoms with Crippen molar-refractivity contribution in [2.45, 2.75) is 24.1 Å². The largest absolute Gasteiger partial charge is 0.325 e. The van der Waals surface area contributed by atoms with Crippen LogP contribution in [0.15, 0.2) is 59.5 Å². The van der Waals surface area contributed by atoms with Crippen LogP contribution in [0.4, 0.5) is 5.69 Å². The van der Waals surface area contributed by atoms with Crippen molar-refractivity contribution in [2.75, 3.05) is 5.32 Å². The lowest BCUT2D eigenvalue weighted by Crippen LogP contribution is -2.29. The number of fused-ring (bicyclic) bond motifs is 3. The van der Waals surface area contributed by atoms with Crippen LogP contribution in [0.1, 0.15) is 23.0 Å². The lowest BCUT2D eigenvalue weighted by Gasteiger charge is -2.17. The van der Waals surface area contributed by atoms with Crippen molar-refractivity contribution in [3.63, 3.8) is 0 Å². The molecule has 144 valence electrons. The first-order chi connectivity index (χ1) is 14.1. The summed E-state index contributed by atoms with van der Waals surface area (Å²) in [5.41, 5.74) is 3.45. The summed E-state index contributed by atoms with van der Waals surface area (Å²) < 4.78 is 1.78. The van der Waals surface area contributed by atoms with Crippen LogP contribution in [-0.2, 0) is 17.1 Å². The average Bonchev–Trinajstić information content (AvgIpc) is 3.14. The molecule has 1 atom stereocenters. The molecule has 0 fully saturated rings. The molecule has 29 heavy (non-hydrogen) atoms. The molecular weight excluding hydrogens is 384 g/mol. The highest BCUT2D eigenvalue weighted by Gasteiger charge is 2.35. The van der Waals surface area contributed by atoms with Crippen LogP contribution in [0.5, 0.6) is 0 Å². The fourth-order valence-electron chi connectivity index (χ4n) is 3.41. The number of aromatic nitrogens is 2. The smallest absolute Gasteiger partial charge is 0.249 e. The van der Waals surface area contributed by atoms with Crippen molar-refractivity contribution < 1.29 is 9.59 Å². The first-order valence-electron chi connectivity index (χ1n) is 9.25. The number of nitrogens with one attached hydrogen (secondary N) is 1. The number of hydrogen-bond donors (Lipinski definition) is 1. The van der Waals surface area contributed by atoms with Gasteiger partial charge in [0.2, 0.25) is 11.7 Å². The van der Waals surface area contributed by atoms with Gasteiger partial charge in [-0.3, -0.25) is 14.3 Å². The maximum atomic E-state index is 13.2. The molecule has 0 spiro atoms. The van der Waals surface area contributed by atoms with Crippen molar-refractivity contribution in [2.24, 2.45) is 5.92 Å². The second kappa shape index (κ2) is 7.94. The fourth-order valence-corrected chi connectivity index (χ4v) is 4.48. The quantitative estimate of drug-likeness (QED) is 0.512. The molecule has 7 heteroatoms. The van der Waals surface area contributed by atoms with Gasteiger partial charge in [0, 0.05) is 34.0 Å². The van der Waals surface area contributed by atoms with Gasteiger partial charge in [-0.1, -0.05) is 36.4 Å². The van der Waals surface area contributed by atoms with Crippen LogP contribution in [-0.4, -0.2) is 21.5 Å². The van der Waals surface area contributed by atoms with Gasteiger partial charge in [-0.2, -0.15) is 10.4 Å². The third kappa shape index (κ3) is 3.43. The summed E-state index contributed by atoms with van der Waals surface area (Å²) >= 11 is 1.63. The van der Waals surface area contributed by atoms with Crippen molar-refractivity contribution in [1.29, 1.82) is 5.26 Å². The summed E-state index contributed by atoms with van der Waals surface area (Å²) in [6.45, 7) is 2.54. The van der Waals surface area contributed by atoms with Gasteiger partial charge in [-0.25, -0.2) is 0 Å². The molecule has 3 aromatic rings. The predicted octanol–water partition coefficient (Wildman–Crippen LogP) is 4.14. The van der Waals surface area contributed by atoms with Crippen LogP contribution in [0.25, 0.3) is 11.3 Å². The lowest BCUT2D eigenvalue weighted by atomic mass is 9.97. The third-order valence-electron chi connectivity index (χ3n) is 4.79. The molecule has 0 saturated heterocycles. The Hall–Kier alpha value is -3.37. The number of para-hydroxylation sites is 1. The van der Waals surface area contributed by atoms with E-state index in [2.05, 4.69) is 10.4 Å². The van der Waals surface area contributed by atoms with E-state index >= 15 is 0 Å². The van der Waals surface area contributed by atoms with Gasteiger partial charge in [0.05, 0.1) is 11.8 Å². The zero-order valence-corrected chi connectivity index (χ0v) is 16.6. The number of nitriles is 1. The van der Waals surface area contributed by atoms with Gasteiger partial charge in [0.25, 0.3) is 0 Å². The number of nitrogens with zero attached hydrogens (tertiary/aromatic N) is 3. The first kappa shape index (κ1) is 19.0. The lowest BCUT2D eigenvalue weighted by molar-refractivity contribution is -0.117. The second-order valence-corrected chi connectivity index (χ2v) is 7.58. The number of hydrogen-bond acceptors (Lipinski definition) is 5. The molecule has 1 aliphatic heterocycles. The highest BCUT2D eigenvalue weighted by Crippen LogP contribution is 2.43. The van der Waals surface area contributed by atoms with E-state index in [1.807, 2.05) is 43.3 Å². The Labute approximate surface area is 172 Å². The molecular formula is C22H18N4O2S. The molecule has 1 N–H and O–H groups in total. The van der Waals surface area contributed by atoms with E-state index in [0.717, 1.165) is 21.7 Å². The van der Waals surface area contributed by atoms with E-state index in [0.29, 0.717) is 18.0 Å². The summed E-state index contributed by atoms with van der Waals surface area (Å²) in [5, 5.41) is 16.7. The number of benzene rings is 2. The Balaban J connectivity index is 1.70. The van der Waals surface area contributed by atoms with Gasteiger partial charge in [-0.05, 0) is 25.1 Å². The van der Waals surface area contributed by atoms with E-state index in [-0.39, 0.29) is 5.69 Å². The van der Waals surface area contributed by atoms with Gasteiger partial charge < -0.3 is 5.32 Å². The molecule has 1 aromatic heterocycles. The van der Waals surface area contributed by atoms with Crippen LogP contribution in [0, 0.1) is 17.2 Å². The standard InChI is InChI=1S/C22H18N4O2S/c1-2-26-20-15-10-6-7-11-18(15)29-13-17(20)19(25-26)21(27)16(12-23)22(28)24-14-8-4-3-5-9-14/h3-11,16H,2,13H2,1H3,(H,24,28). The monoisotopic (exact) mass is 402 g/mol. The van der Waals surface area contributed by atoms with Crippen LogP contribution in [0.2, 0.25) is 0 Å². The Kier molecular flexibility index (Phi) is 5.19. The SMILES string of the molecule is CCn1nc(C(=O)C(C#N)C(=O)Nc2ccccc2)c2c1-c1ccccc1SC2. The van der Waals surface area contributed by atoms with Crippen molar-refractivity contribution in [3.8, 4) is 17.3 Å². The average molecular weight is 402 g/mol. The topological polar surface area (TPSA) is 87.8 Å². The summed E-state index contributed by atoms with van der Waals surface area (Å²) in [5.74, 6) is -2.09. The Morgan fingerprint density at radius 3 is 2.66 bits per heavy atom. The molecule has 4 rings (SSSR count). The Morgan fingerprint density at radius 1 is 1.21 bits per heavy atom. The van der Waals surface area contributed by atoms with Crippen molar-refractivity contribution >= 4 is 29.1 Å². The maximum Gasteiger partial charge on any atom is 0.249 e. The number of anilines is 1. The number of amides is 1. The van der Waals surface area contributed by atoms with Gasteiger partial charge >= 0.3 is 0 Å². The molecule has 0 radical (unpaired) electrons. The fraction of sp³-hybridized carbons (Fsp3) is 0.182. The van der Waals surface area contributed by atoms with Gasteiger partial charge in [0.1, 0.15) is 5.69 Å². The van der Waals surface area contributed by atoms with E-state index in [4.69, 9.17) is 0 Å². The van der Waals surface area contributed by atoms with Gasteiger partial charge in [0.15, 0.2) is 5.92 Å². The second-order valence-electron chi connectivity index (χ2n) is 6.56. The maximum absolute atomic E-state index is 13.2. The number of rotatable bonds is 5. The van der Waals surface area contributed by atoms with E-state index in [1.165, 1.54) is 0 Å². The summed E-state index contributed by atoms with van der Waals surface area (Å²) in [6, 6.07) is 18.6. The molecule has 6 nitrogen and oxygen atoms in total. The highest BCUT2D eigenvalue weighted by atomic mass is 32.2. The first-order valence-corrected chi connectivity index (χ1v) is 10.2. The molecule has 2 aromatic carbocycles. The minimum atomic E-state index is -1.46. The summed E-state index contributed by atoms with van der Waals surface area (Å²) in [4.78, 5) is 26.9.